The first-order valence-electron chi connectivity index (χ1n) is 14.2. The van der Waals surface area contributed by atoms with Crippen LogP contribution in [0.5, 0.6) is 5.75 Å². The summed E-state index contributed by atoms with van der Waals surface area (Å²) in [5, 5.41) is 10.3. The highest BCUT2D eigenvalue weighted by molar-refractivity contribution is 5.97. The molecule has 0 fully saturated rings. The first-order chi connectivity index (χ1) is 19.9. The number of rotatable bonds is 13. The Labute approximate surface area is 244 Å². The van der Waals surface area contributed by atoms with E-state index in [1.54, 1.807) is 43.3 Å². The molecule has 0 saturated carbocycles. The van der Waals surface area contributed by atoms with Crippen molar-refractivity contribution >= 4 is 17.9 Å². The van der Waals surface area contributed by atoms with E-state index in [1.165, 1.54) is 36.4 Å². The molecule has 0 spiro atoms. The molecule has 2 atom stereocenters. The summed E-state index contributed by atoms with van der Waals surface area (Å²) >= 11 is 0. The maximum atomic E-state index is 13.7. The lowest BCUT2D eigenvalue weighted by Gasteiger charge is -2.29. The molecule has 2 aromatic rings. The van der Waals surface area contributed by atoms with E-state index < -0.39 is 29.6 Å². The predicted molar refractivity (Wildman–Crippen MR) is 152 cm³/mol. The van der Waals surface area contributed by atoms with Gasteiger partial charge in [0.25, 0.3) is 0 Å². The van der Waals surface area contributed by atoms with Crippen LogP contribution in [0.4, 0.5) is 13.2 Å². The molecule has 1 aliphatic carbocycles. The summed E-state index contributed by atoms with van der Waals surface area (Å²) in [5.74, 6) is -3.02. The molecular formula is C33H37F3O6. The zero-order valence-electron chi connectivity index (χ0n) is 24.0. The van der Waals surface area contributed by atoms with Gasteiger partial charge in [0.15, 0.2) is 6.10 Å². The van der Waals surface area contributed by atoms with Gasteiger partial charge < -0.3 is 14.6 Å². The van der Waals surface area contributed by atoms with Crippen molar-refractivity contribution in [1.82, 2.24) is 0 Å². The number of halogens is 3. The Kier molecular flexibility index (Phi) is 11.1. The van der Waals surface area contributed by atoms with Crippen molar-refractivity contribution < 1.29 is 42.1 Å². The highest BCUT2D eigenvalue weighted by Gasteiger charge is 2.44. The van der Waals surface area contributed by atoms with E-state index in [2.05, 4.69) is 0 Å². The number of hydrogen-bond donors (Lipinski definition) is 1. The van der Waals surface area contributed by atoms with Crippen molar-refractivity contribution in [2.24, 2.45) is 5.92 Å². The quantitative estimate of drug-likeness (QED) is 0.111. The van der Waals surface area contributed by atoms with E-state index in [9.17, 15) is 32.7 Å². The Bertz CT molecular complexity index is 1280. The Morgan fingerprint density at radius 3 is 2.17 bits per heavy atom. The molecule has 1 N–H and O–H groups in total. The zero-order chi connectivity index (χ0) is 30.9. The molecular weight excluding hydrogens is 549 g/mol. The lowest BCUT2D eigenvalue weighted by atomic mass is 9.73. The van der Waals surface area contributed by atoms with Crippen molar-refractivity contribution in [3.05, 3.63) is 89.5 Å². The molecule has 0 aliphatic heterocycles. The van der Waals surface area contributed by atoms with Gasteiger partial charge in [0, 0.05) is 5.92 Å². The fourth-order valence-corrected chi connectivity index (χ4v) is 4.69. The molecule has 0 heterocycles. The van der Waals surface area contributed by atoms with Gasteiger partial charge >= 0.3 is 24.1 Å². The largest absolute Gasteiger partial charge is 0.480 e. The number of carboxylic acid groups (broad SMARTS) is 1. The van der Waals surface area contributed by atoms with Crippen LogP contribution < -0.4 is 4.74 Å². The number of alkyl halides is 3. The topological polar surface area (TPSA) is 89.9 Å². The fourth-order valence-electron chi connectivity index (χ4n) is 4.69. The molecule has 0 bridgehead atoms. The van der Waals surface area contributed by atoms with Crippen LogP contribution in [0.2, 0.25) is 0 Å². The van der Waals surface area contributed by atoms with Crippen LogP contribution in [0.3, 0.4) is 0 Å². The summed E-state index contributed by atoms with van der Waals surface area (Å²) in [7, 11) is 0. The second-order valence-electron chi connectivity index (χ2n) is 10.5. The normalized spacial score (nSPS) is 19.6. The van der Waals surface area contributed by atoms with Crippen LogP contribution in [0.25, 0.3) is 0 Å². The average Bonchev–Trinajstić information content (AvgIpc) is 2.98. The smallest absolute Gasteiger partial charge is 0.425 e. The van der Waals surface area contributed by atoms with Crippen LogP contribution in [-0.4, -0.2) is 35.3 Å². The summed E-state index contributed by atoms with van der Waals surface area (Å²) in [6.45, 7) is 5.62. The third-order valence-electron chi connectivity index (χ3n) is 7.51. The molecule has 3 rings (SSSR count). The van der Waals surface area contributed by atoms with Crippen molar-refractivity contribution in [1.29, 1.82) is 0 Å². The summed E-state index contributed by atoms with van der Waals surface area (Å²) in [6, 6.07) is 12.5. The van der Waals surface area contributed by atoms with E-state index in [0.29, 0.717) is 18.6 Å². The van der Waals surface area contributed by atoms with E-state index in [1.807, 2.05) is 13.8 Å². The lowest BCUT2D eigenvalue weighted by Crippen LogP contribution is -2.37. The molecule has 2 aromatic carbocycles. The molecule has 0 aromatic heterocycles. The Balaban J connectivity index is 1.83. The number of hydrogen-bond acceptors (Lipinski definition) is 5. The highest BCUT2D eigenvalue weighted by Crippen LogP contribution is 2.38. The summed E-state index contributed by atoms with van der Waals surface area (Å²) in [4.78, 5) is 37.8. The lowest BCUT2D eigenvalue weighted by molar-refractivity contribution is -0.206. The standard InChI is InChI=1S/C33H37F3O6/c1-4-6-7-8-13-28(33(34,35)36)42-30(38)26-11-9-10-12-27(26)32(31(39)40)20-18-24(19-21-32)23-14-16-25(17-15-23)41-29(37)22(3)5-2/h9-12,14-22,24,28H,4-8,13H2,1-3H3,(H,39,40). The maximum absolute atomic E-state index is 13.7. The number of carboxylic acids is 1. The molecule has 9 heteroatoms. The van der Waals surface area contributed by atoms with Crippen LogP contribution in [-0.2, 0) is 19.7 Å². The number of aliphatic carboxylic acids is 1. The van der Waals surface area contributed by atoms with Crippen LogP contribution in [0, 0.1) is 5.92 Å². The summed E-state index contributed by atoms with van der Waals surface area (Å²) in [6.07, 6.45) is 1.88. The molecule has 42 heavy (non-hydrogen) atoms. The molecule has 6 nitrogen and oxygen atoms in total. The van der Waals surface area contributed by atoms with E-state index >= 15 is 0 Å². The number of allylic oxidation sites excluding steroid dienone is 2. The monoisotopic (exact) mass is 586 g/mol. The van der Waals surface area contributed by atoms with Crippen LogP contribution >= 0.6 is 0 Å². The maximum Gasteiger partial charge on any atom is 0.425 e. The number of esters is 2. The second kappa shape index (κ2) is 14.3. The van der Waals surface area contributed by atoms with Gasteiger partial charge in [-0.2, -0.15) is 13.2 Å². The first-order valence-corrected chi connectivity index (χ1v) is 14.2. The molecule has 0 saturated heterocycles. The minimum atomic E-state index is -4.75. The van der Waals surface area contributed by atoms with Gasteiger partial charge in [-0.05, 0) is 48.6 Å². The number of carbonyl (C=O) groups is 3. The number of carbonyl (C=O) groups excluding carboxylic acids is 2. The van der Waals surface area contributed by atoms with Gasteiger partial charge in [0.05, 0.1) is 11.5 Å². The van der Waals surface area contributed by atoms with Crippen molar-refractivity contribution in [3.8, 4) is 5.75 Å². The molecule has 226 valence electrons. The zero-order valence-corrected chi connectivity index (χ0v) is 24.0. The van der Waals surface area contributed by atoms with E-state index in [4.69, 9.17) is 9.47 Å². The van der Waals surface area contributed by atoms with Gasteiger partial charge in [-0.25, -0.2) is 4.79 Å². The summed E-state index contributed by atoms with van der Waals surface area (Å²) < 4.78 is 51.4. The third-order valence-corrected chi connectivity index (χ3v) is 7.51. The predicted octanol–water partition coefficient (Wildman–Crippen LogP) is 7.93. The minimum Gasteiger partial charge on any atom is -0.480 e. The van der Waals surface area contributed by atoms with Gasteiger partial charge in [0.2, 0.25) is 0 Å². The highest BCUT2D eigenvalue weighted by atomic mass is 19.4. The van der Waals surface area contributed by atoms with Gasteiger partial charge in [-0.1, -0.05) is 94.7 Å². The average molecular weight is 587 g/mol. The van der Waals surface area contributed by atoms with Gasteiger partial charge in [-0.3, -0.25) is 9.59 Å². The van der Waals surface area contributed by atoms with Crippen LogP contribution in [0.15, 0.2) is 72.8 Å². The van der Waals surface area contributed by atoms with Crippen LogP contribution in [0.1, 0.15) is 86.7 Å². The minimum absolute atomic E-state index is 0.00709. The second-order valence-corrected chi connectivity index (χ2v) is 10.5. The number of benzene rings is 2. The number of ether oxygens (including phenoxy) is 2. The van der Waals surface area contributed by atoms with Crippen molar-refractivity contribution in [3.63, 3.8) is 0 Å². The van der Waals surface area contributed by atoms with Gasteiger partial charge in [-0.15, -0.1) is 0 Å². The molecule has 0 radical (unpaired) electrons. The third kappa shape index (κ3) is 7.89. The molecule has 2 unspecified atom stereocenters. The molecule has 0 amide bonds. The van der Waals surface area contributed by atoms with E-state index in [-0.39, 0.29) is 41.8 Å². The fraction of sp³-hybridized carbons (Fsp3) is 0.424. The summed E-state index contributed by atoms with van der Waals surface area (Å²) in [5.41, 5.74) is -1.24. The Morgan fingerprint density at radius 1 is 0.952 bits per heavy atom. The van der Waals surface area contributed by atoms with E-state index in [0.717, 1.165) is 18.4 Å². The Morgan fingerprint density at radius 2 is 1.60 bits per heavy atom. The Hall–Kier alpha value is -3.88. The number of unbranched alkanes of at least 4 members (excludes halogenated alkanes) is 3. The SMILES string of the molecule is CCCCCCC(OC(=O)c1ccccc1C1(C(=O)O)C=CC(c2ccc(OC(=O)C(C)CC)cc2)C=C1)C(F)(F)F. The van der Waals surface area contributed by atoms with Crippen molar-refractivity contribution in [2.75, 3.05) is 0 Å². The van der Waals surface area contributed by atoms with Gasteiger partial charge in [0.1, 0.15) is 11.2 Å². The molecule has 1 aliphatic rings. The van der Waals surface area contributed by atoms with Crippen molar-refractivity contribution in [2.45, 2.75) is 82.9 Å². The first kappa shape index (κ1) is 32.6.